The van der Waals surface area contributed by atoms with E-state index in [1.54, 1.807) is 0 Å². The van der Waals surface area contributed by atoms with E-state index in [9.17, 15) is 5.11 Å². The van der Waals surface area contributed by atoms with Crippen LogP contribution in [0.2, 0.25) is 0 Å². The highest BCUT2D eigenvalue weighted by Crippen LogP contribution is 2.18. The van der Waals surface area contributed by atoms with E-state index in [-0.39, 0.29) is 0 Å². The molecular formula is C15H15BrO2. The number of ether oxygens (including phenoxy) is 1. The summed E-state index contributed by atoms with van der Waals surface area (Å²) in [5.74, 6) is 0. The fraction of sp³-hybridized carbons (Fsp3) is 0.200. The zero-order valence-electron chi connectivity index (χ0n) is 9.92. The number of rotatable bonds is 5. The molecule has 2 aromatic rings. The lowest BCUT2D eigenvalue weighted by Gasteiger charge is -2.12. The highest BCUT2D eigenvalue weighted by atomic mass is 79.9. The van der Waals surface area contributed by atoms with Crippen LogP contribution in [0.3, 0.4) is 0 Å². The maximum Gasteiger partial charge on any atom is 0.102 e. The van der Waals surface area contributed by atoms with Gasteiger partial charge in [-0.2, -0.15) is 0 Å². The molecule has 0 radical (unpaired) electrons. The molecule has 0 saturated carbocycles. The first-order valence-electron chi connectivity index (χ1n) is 5.81. The Hall–Kier alpha value is -1.16. The van der Waals surface area contributed by atoms with E-state index < -0.39 is 6.10 Å². The molecule has 0 fully saturated rings. The third-order valence-corrected chi connectivity index (χ3v) is 3.11. The van der Waals surface area contributed by atoms with Crippen molar-refractivity contribution in [1.29, 1.82) is 0 Å². The molecule has 1 atom stereocenters. The molecule has 2 aromatic carbocycles. The number of hydrogen-bond donors (Lipinski definition) is 1. The number of aliphatic hydroxyl groups excluding tert-OH is 1. The molecule has 18 heavy (non-hydrogen) atoms. The fourth-order valence-corrected chi connectivity index (χ4v) is 2.09. The van der Waals surface area contributed by atoms with Crippen LogP contribution in [0.1, 0.15) is 17.2 Å². The first-order valence-corrected chi connectivity index (χ1v) is 6.60. The minimum atomic E-state index is -0.591. The second-order valence-corrected chi connectivity index (χ2v) is 4.99. The van der Waals surface area contributed by atoms with Crippen LogP contribution in [0.25, 0.3) is 0 Å². The second kappa shape index (κ2) is 6.69. The second-order valence-electron chi connectivity index (χ2n) is 4.07. The first kappa shape index (κ1) is 13.3. The van der Waals surface area contributed by atoms with Gasteiger partial charge in [0.25, 0.3) is 0 Å². The van der Waals surface area contributed by atoms with Crippen molar-refractivity contribution in [2.75, 3.05) is 6.61 Å². The molecule has 0 amide bonds. The van der Waals surface area contributed by atoms with Gasteiger partial charge in [-0.1, -0.05) is 58.4 Å². The molecule has 3 heteroatoms. The van der Waals surface area contributed by atoms with Gasteiger partial charge in [-0.15, -0.1) is 0 Å². The van der Waals surface area contributed by atoms with Crippen molar-refractivity contribution in [1.82, 2.24) is 0 Å². The van der Waals surface area contributed by atoms with E-state index in [4.69, 9.17) is 4.74 Å². The standard InChI is InChI=1S/C15H15BrO2/c16-14-8-4-7-13(9-14)15(17)11-18-10-12-5-2-1-3-6-12/h1-9,15,17H,10-11H2. The summed E-state index contributed by atoms with van der Waals surface area (Å²) in [6.45, 7) is 0.817. The number of aliphatic hydroxyl groups is 1. The smallest absolute Gasteiger partial charge is 0.102 e. The van der Waals surface area contributed by atoms with Gasteiger partial charge in [0.15, 0.2) is 0 Å². The first-order chi connectivity index (χ1) is 8.75. The van der Waals surface area contributed by atoms with Gasteiger partial charge in [0.2, 0.25) is 0 Å². The molecule has 0 spiro atoms. The summed E-state index contributed by atoms with van der Waals surface area (Å²) in [5.41, 5.74) is 1.97. The van der Waals surface area contributed by atoms with E-state index in [1.165, 1.54) is 0 Å². The lowest BCUT2D eigenvalue weighted by atomic mass is 10.1. The van der Waals surface area contributed by atoms with Crippen LogP contribution >= 0.6 is 15.9 Å². The molecule has 94 valence electrons. The summed E-state index contributed by atoms with van der Waals surface area (Å²) < 4.78 is 6.47. The zero-order valence-corrected chi connectivity index (χ0v) is 11.5. The summed E-state index contributed by atoms with van der Waals surface area (Å²) in [5, 5.41) is 9.98. The Morgan fingerprint density at radius 1 is 1.06 bits per heavy atom. The molecule has 0 saturated heterocycles. The van der Waals surface area contributed by atoms with Gasteiger partial charge in [-0.3, -0.25) is 0 Å². The van der Waals surface area contributed by atoms with Gasteiger partial charge in [0, 0.05) is 4.47 Å². The van der Waals surface area contributed by atoms with E-state index in [2.05, 4.69) is 15.9 Å². The maximum absolute atomic E-state index is 9.98. The van der Waals surface area contributed by atoms with Crippen LogP contribution in [0.5, 0.6) is 0 Å². The van der Waals surface area contributed by atoms with Gasteiger partial charge >= 0.3 is 0 Å². The molecule has 1 N–H and O–H groups in total. The van der Waals surface area contributed by atoms with Gasteiger partial charge in [-0.25, -0.2) is 0 Å². The molecule has 0 heterocycles. The minimum Gasteiger partial charge on any atom is -0.386 e. The number of halogens is 1. The van der Waals surface area contributed by atoms with E-state index in [0.29, 0.717) is 13.2 Å². The number of benzene rings is 2. The Morgan fingerprint density at radius 2 is 1.83 bits per heavy atom. The predicted octanol–water partition coefficient (Wildman–Crippen LogP) is 3.70. The topological polar surface area (TPSA) is 29.5 Å². The van der Waals surface area contributed by atoms with Crippen molar-refractivity contribution >= 4 is 15.9 Å². The van der Waals surface area contributed by atoms with E-state index in [0.717, 1.165) is 15.6 Å². The lowest BCUT2D eigenvalue weighted by Crippen LogP contribution is -2.07. The number of hydrogen-bond acceptors (Lipinski definition) is 2. The maximum atomic E-state index is 9.98. The van der Waals surface area contributed by atoms with E-state index in [1.807, 2.05) is 54.6 Å². The molecule has 2 rings (SSSR count). The zero-order chi connectivity index (χ0) is 12.8. The van der Waals surface area contributed by atoms with E-state index >= 15 is 0 Å². The lowest BCUT2D eigenvalue weighted by molar-refractivity contribution is 0.0277. The monoisotopic (exact) mass is 306 g/mol. The van der Waals surface area contributed by atoms with Gasteiger partial charge in [0.05, 0.1) is 13.2 Å². The van der Waals surface area contributed by atoms with Crippen molar-refractivity contribution in [3.8, 4) is 0 Å². The Labute approximate surface area is 115 Å². The highest BCUT2D eigenvalue weighted by Gasteiger charge is 2.07. The minimum absolute atomic E-state index is 0.297. The molecular weight excluding hydrogens is 292 g/mol. The summed E-state index contributed by atoms with van der Waals surface area (Å²) in [4.78, 5) is 0. The van der Waals surface area contributed by atoms with Crippen LogP contribution in [-0.2, 0) is 11.3 Å². The molecule has 0 aliphatic rings. The third kappa shape index (κ3) is 3.95. The molecule has 1 unspecified atom stereocenters. The highest BCUT2D eigenvalue weighted by molar-refractivity contribution is 9.10. The Kier molecular flexibility index (Phi) is 4.93. The van der Waals surface area contributed by atoms with Crippen molar-refractivity contribution in [2.24, 2.45) is 0 Å². The van der Waals surface area contributed by atoms with Crippen molar-refractivity contribution in [3.05, 3.63) is 70.2 Å². The van der Waals surface area contributed by atoms with Crippen molar-refractivity contribution in [3.63, 3.8) is 0 Å². The molecule has 0 aliphatic heterocycles. The van der Waals surface area contributed by atoms with Gasteiger partial charge < -0.3 is 9.84 Å². The molecule has 0 aliphatic carbocycles. The molecule has 0 bridgehead atoms. The normalized spacial score (nSPS) is 12.3. The SMILES string of the molecule is OC(COCc1ccccc1)c1cccc(Br)c1. The Bertz CT molecular complexity index is 485. The van der Waals surface area contributed by atoms with Crippen molar-refractivity contribution in [2.45, 2.75) is 12.7 Å². The van der Waals surface area contributed by atoms with Crippen LogP contribution in [0.4, 0.5) is 0 Å². The molecule has 2 nitrogen and oxygen atoms in total. The predicted molar refractivity (Wildman–Crippen MR) is 75.2 cm³/mol. The van der Waals surface area contributed by atoms with Crippen LogP contribution in [0, 0.1) is 0 Å². The summed E-state index contributed by atoms with van der Waals surface area (Å²) in [7, 11) is 0. The Morgan fingerprint density at radius 3 is 2.56 bits per heavy atom. The summed E-state index contributed by atoms with van der Waals surface area (Å²) in [6.07, 6.45) is -0.591. The summed E-state index contributed by atoms with van der Waals surface area (Å²) in [6, 6.07) is 17.6. The van der Waals surface area contributed by atoms with Crippen LogP contribution < -0.4 is 0 Å². The Balaban J connectivity index is 1.83. The summed E-state index contributed by atoms with van der Waals surface area (Å²) >= 11 is 3.38. The molecule has 0 aromatic heterocycles. The average molecular weight is 307 g/mol. The third-order valence-electron chi connectivity index (χ3n) is 2.62. The van der Waals surface area contributed by atoms with Gasteiger partial charge in [0.1, 0.15) is 6.10 Å². The average Bonchev–Trinajstić information content (AvgIpc) is 2.40. The van der Waals surface area contributed by atoms with Crippen LogP contribution in [0.15, 0.2) is 59.1 Å². The fourth-order valence-electron chi connectivity index (χ4n) is 1.67. The van der Waals surface area contributed by atoms with Gasteiger partial charge in [-0.05, 0) is 23.3 Å². The largest absolute Gasteiger partial charge is 0.386 e. The van der Waals surface area contributed by atoms with Crippen LogP contribution in [-0.4, -0.2) is 11.7 Å². The van der Waals surface area contributed by atoms with Crippen molar-refractivity contribution < 1.29 is 9.84 Å². The quantitative estimate of drug-likeness (QED) is 0.912.